The van der Waals surface area contributed by atoms with Gasteiger partial charge in [-0.1, -0.05) is 52.0 Å². The van der Waals surface area contributed by atoms with Crippen LogP contribution in [0.3, 0.4) is 0 Å². The van der Waals surface area contributed by atoms with Crippen molar-refractivity contribution in [1.82, 2.24) is 24.6 Å². The molecule has 2 aromatic carbocycles. The summed E-state index contributed by atoms with van der Waals surface area (Å²) < 4.78 is 61.9. The summed E-state index contributed by atoms with van der Waals surface area (Å²) in [4.78, 5) is 41.3. The second kappa shape index (κ2) is 18.1. The monoisotopic (exact) mass is 952 g/mol. The zero-order valence-corrected chi connectivity index (χ0v) is 40.2. The molecule has 4 aliphatic rings. The summed E-state index contributed by atoms with van der Waals surface area (Å²) in [6.45, 7) is 11.3. The van der Waals surface area contributed by atoms with Crippen LogP contribution in [-0.4, -0.2) is 91.2 Å². The maximum absolute atomic E-state index is 14.0. The van der Waals surface area contributed by atoms with Gasteiger partial charge in [0.05, 0.1) is 34.4 Å². The highest BCUT2D eigenvalue weighted by atomic mass is 32.2. The van der Waals surface area contributed by atoms with Crippen LogP contribution >= 0.6 is 0 Å². The number of carbonyl (C=O) groups is 1. The molecular weight excluding hydrogens is 893 g/mol. The number of hydrogen-bond acceptors (Lipinski definition) is 13. The largest absolute Gasteiger partial charge is 0.455 e. The molecule has 3 N–H and O–H groups in total. The van der Waals surface area contributed by atoms with Crippen LogP contribution in [0.4, 0.5) is 17.2 Å². The second-order valence-electron chi connectivity index (χ2n) is 20.3. The van der Waals surface area contributed by atoms with E-state index in [2.05, 4.69) is 74.6 Å². The number of anilines is 2. The molecule has 4 fully saturated rings. The van der Waals surface area contributed by atoms with Gasteiger partial charge in [-0.3, -0.25) is 19.8 Å². The number of pyridine rings is 2. The van der Waals surface area contributed by atoms with Crippen molar-refractivity contribution in [2.45, 2.75) is 102 Å². The Labute approximate surface area is 392 Å². The molecule has 0 unspecified atom stereocenters. The number of rotatable bonds is 13. The van der Waals surface area contributed by atoms with Crippen LogP contribution in [0.25, 0.3) is 11.0 Å². The zero-order chi connectivity index (χ0) is 47.3. The third-order valence-electron chi connectivity index (χ3n) is 14.9. The molecule has 2 saturated heterocycles. The van der Waals surface area contributed by atoms with Gasteiger partial charge in [-0.25, -0.2) is 31.5 Å². The number of amides is 1. The van der Waals surface area contributed by atoms with E-state index in [1.807, 2.05) is 18.2 Å². The molecule has 18 heteroatoms. The van der Waals surface area contributed by atoms with E-state index in [0.717, 1.165) is 93.4 Å². The number of hydrogen-bond donors (Lipinski definition) is 3. The first kappa shape index (κ1) is 46.5. The lowest BCUT2D eigenvalue weighted by Gasteiger charge is -2.57. The average Bonchev–Trinajstić information content (AvgIpc) is 3.76. The number of nitro groups is 1. The fourth-order valence-corrected chi connectivity index (χ4v) is 13.2. The van der Waals surface area contributed by atoms with Crippen molar-refractivity contribution >= 4 is 54.0 Å². The van der Waals surface area contributed by atoms with Gasteiger partial charge in [0.25, 0.3) is 15.9 Å². The highest BCUT2D eigenvalue weighted by Gasteiger charge is 2.50. The molecule has 2 aliphatic heterocycles. The Morgan fingerprint density at radius 2 is 1.73 bits per heavy atom. The fourth-order valence-electron chi connectivity index (χ4n) is 10.8. The highest BCUT2D eigenvalue weighted by molar-refractivity contribution is 7.91. The number of aromatic nitrogens is 3. The molecule has 67 heavy (non-hydrogen) atoms. The first-order valence-corrected chi connectivity index (χ1v) is 26.7. The predicted molar refractivity (Wildman–Crippen MR) is 258 cm³/mol. The third-order valence-corrected chi connectivity index (χ3v) is 17.8. The summed E-state index contributed by atoms with van der Waals surface area (Å²) in [7, 11) is -7.80. The van der Waals surface area contributed by atoms with Gasteiger partial charge in [0.1, 0.15) is 22.0 Å². The van der Waals surface area contributed by atoms with Crippen LogP contribution in [0.2, 0.25) is 0 Å². The highest BCUT2D eigenvalue weighted by Crippen LogP contribution is 2.53. The number of H-pyrrole nitrogens is 1. The van der Waals surface area contributed by atoms with Gasteiger partial charge in [-0.2, -0.15) is 0 Å². The molecule has 1 amide bonds. The Morgan fingerprint density at radius 1 is 0.985 bits per heavy atom. The first-order chi connectivity index (χ1) is 31.9. The van der Waals surface area contributed by atoms with Gasteiger partial charge in [0.15, 0.2) is 9.84 Å². The van der Waals surface area contributed by atoms with Crippen LogP contribution in [-0.2, 0) is 19.9 Å². The number of benzene rings is 2. The lowest BCUT2D eigenvalue weighted by molar-refractivity contribution is -0.384. The van der Waals surface area contributed by atoms with Gasteiger partial charge in [0.2, 0.25) is 5.82 Å². The number of ether oxygens (including phenoxy) is 1. The molecule has 356 valence electrons. The average molecular weight is 953 g/mol. The summed E-state index contributed by atoms with van der Waals surface area (Å²) in [5, 5.41) is 16.0. The van der Waals surface area contributed by atoms with Gasteiger partial charge in [0, 0.05) is 67.7 Å². The van der Waals surface area contributed by atoms with E-state index in [0.29, 0.717) is 36.4 Å². The molecule has 2 saturated carbocycles. The second-order valence-corrected chi connectivity index (χ2v) is 24.2. The molecule has 0 radical (unpaired) electrons. The predicted octanol–water partition coefficient (Wildman–Crippen LogP) is 8.75. The smallest absolute Gasteiger partial charge is 0.312 e. The summed E-state index contributed by atoms with van der Waals surface area (Å²) >= 11 is 0. The Kier molecular flexibility index (Phi) is 12.6. The first-order valence-electron chi connectivity index (χ1n) is 23.4. The van der Waals surface area contributed by atoms with E-state index in [4.69, 9.17) is 4.74 Å². The van der Waals surface area contributed by atoms with Crippen molar-refractivity contribution in [3.8, 4) is 11.5 Å². The Morgan fingerprint density at radius 3 is 2.46 bits per heavy atom. The number of nitrogens with one attached hydrogen (secondary N) is 3. The van der Waals surface area contributed by atoms with Crippen molar-refractivity contribution in [2.75, 3.05) is 47.9 Å². The molecule has 5 aromatic rings. The van der Waals surface area contributed by atoms with Gasteiger partial charge >= 0.3 is 5.69 Å². The normalized spacial score (nSPS) is 21.0. The fraction of sp³-hybridized carbons (Fsp3) is 0.490. The molecule has 16 nitrogen and oxygen atoms in total. The minimum Gasteiger partial charge on any atom is -0.455 e. The van der Waals surface area contributed by atoms with E-state index in [1.54, 1.807) is 24.4 Å². The lowest BCUT2D eigenvalue weighted by Crippen LogP contribution is -2.58. The quantitative estimate of drug-likeness (QED) is 0.0746. The Hall–Kier alpha value is -5.59. The van der Waals surface area contributed by atoms with E-state index >= 15 is 0 Å². The summed E-state index contributed by atoms with van der Waals surface area (Å²) in [5.74, 6) is 0.320. The standard InChI is InChI=1S/C49H60N8O8S2/c1-32(2)39-7-5-6-8-40(39)43-31-66(61,62)22-21-56(43)36-26-49(27-36)16-19-55(20-17-49)35-9-10-41(44(24-35)65-37-23-34-13-18-50-45(34)52-29-37)47(58)54-67(63,64)38-25-42(57(59)60)46(53-30-38)51-28-33-11-14-48(3,4)15-12-33/h5-10,13,18,23-25,29-30,32-33,36,43H,11-12,14-17,19-22,26-28,31H2,1-4H3,(H,50,52)(H,51,53)(H,54,58)/t43-/m0/s1. The van der Waals surface area contributed by atoms with E-state index in [-0.39, 0.29) is 51.4 Å². The summed E-state index contributed by atoms with van der Waals surface area (Å²) in [6.07, 6.45) is 12.2. The number of sulfonamides is 1. The third kappa shape index (κ3) is 10.0. The number of aromatic amines is 1. The molecule has 2 aliphatic carbocycles. The number of sulfone groups is 1. The number of fused-ring (bicyclic) bond motifs is 1. The van der Waals surface area contributed by atoms with Crippen LogP contribution in [0.5, 0.6) is 11.5 Å². The number of nitrogens with zero attached hydrogens (tertiary/aromatic N) is 5. The van der Waals surface area contributed by atoms with E-state index in [9.17, 15) is 31.7 Å². The number of carbonyl (C=O) groups excluding carboxylic acids is 1. The molecular formula is C49H60N8O8S2. The topological polar surface area (TPSA) is 210 Å². The molecule has 9 rings (SSSR count). The minimum atomic E-state index is -4.63. The van der Waals surface area contributed by atoms with Crippen LogP contribution in [0.15, 0.2) is 84.1 Å². The minimum absolute atomic E-state index is 0.0309. The van der Waals surface area contributed by atoms with Crippen LogP contribution < -0.4 is 19.7 Å². The lowest BCUT2D eigenvalue weighted by atomic mass is 9.59. The Bertz CT molecular complexity index is 2890. The maximum Gasteiger partial charge on any atom is 0.312 e. The Balaban J connectivity index is 0.903. The van der Waals surface area contributed by atoms with Crippen molar-refractivity contribution in [3.63, 3.8) is 0 Å². The zero-order valence-electron chi connectivity index (χ0n) is 38.5. The van der Waals surface area contributed by atoms with Crippen molar-refractivity contribution in [1.29, 1.82) is 0 Å². The van der Waals surface area contributed by atoms with Crippen molar-refractivity contribution in [2.24, 2.45) is 16.7 Å². The molecule has 3 aromatic heterocycles. The molecule has 5 heterocycles. The SMILES string of the molecule is CC(C)c1ccccc1[C@@H]1CS(=O)(=O)CCN1C1CC2(CCN(c3ccc(C(=O)NS(=O)(=O)c4cnc(NCC5CCC(C)(C)CC5)c([N+](=O)[O-])c4)c(Oc4cnc5[nH]ccc5c4)c3)CC2)C1. The van der Waals surface area contributed by atoms with Gasteiger partial charge < -0.3 is 19.9 Å². The van der Waals surface area contributed by atoms with Gasteiger partial charge in [-0.15, -0.1) is 0 Å². The van der Waals surface area contributed by atoms with Crippen LogP contribution in [0, 0.1) is 26.9 Å². The molecule has 0 bridgehead atoms. The molecule has 1 spiro atoms. The summed E-state index contributed by atoms with van der Waals surface area (Å²) in [5.41, 5.74) is 3.58. The van der Waals surface area contributed by atoms with E-state index < -0.39 is 41.3 Å². The maximum atomic E-state index is 14.0. The van der Waals surface area contributed by atoms with Crippen molar-refractivity contribution in [3.05, 3.63) is 106 Å². The molecule has 1 atom stereocenters. The van der Waals surface area contributed by atoms with Gasteiger partial charge in [-0.05, 0) is 109 Å². The number of piperidine rings is 1. The summed E-state index contributed by atoms with van der Waals surface area (Å²) in [6, 6.07) is 17.9. The van der Waals surface area contributed by atoms with Crippen molar-refractivity contribution < 1.29 is 31.3 Å². The van der Waals surface area contributed by atoms with Crippen LogP contribution in [0.1, 0.15) is 113 Å². The van der Waals surface area contributed by atoms with E-state index in [1.165, 1.54) is 17.8 Å².